The first-order valence-corrected chi connectivity index (χ1v) is 6.70. The molecule has 1 N–H and O–H groups in total. The summed E-state index contributed by atoms with van der Waals surface area (Å²) in [5, 5.41) is 8.76. The van der Waals surface area contributed by atoms with E-state index >= 15 is 0 Å². The van der Waals surface area contributed by atoms with Crippen LogP contribution in [0.5, 0.6) is 0 Å². The molecule has 0 atom stereocenters. The molecule has 7 nitrogen and oxygen atoms in total. The summed E-state index contributed by atoms with van der Waals surface area (Å²) in [6.45, 7) is -0.543. The minimum Gasteiger partial charge on any atom is -0.478 e. The van der Waals surface area contributed by atoms with E-state index in [1.807, 2.05) is 0 Å². The van der Waals surface area contributed by atoms with Crippen LogP contribution in [0.15, 0.2) is 23.1 Å². The Kier molecular flexibility index (Phi) is 4.79. The van der Waals surface area contributed by atoms with E-state index in [9.17, 15) is 22.4 Å². The second-order valence-electron chi connectivity index (χ2n) is 3.78. The van der Waals surface area contributed by atoms with Crippen LogP contribution in [0.4, 0.5) is 4.39 Å². The predicted octanol–water partition coefficient (Wildman–Crippen LogP) is 0.317. The molecule has 0 aliphatic heterocycles. The third-order valence-electron chi connectivity index (χ3n) is 2.46. The zero-order chi connectivity index (χ0) is 15.5. The number of carbonyl (C=O) groups is 2. The second-order valence-corrected chi connectivity index (χ2v) is 5.83. The van der Waals surface area contributed by atoms with Gasteiger partial charge in [0.2, 0.25) is 10.0 Å². The van der Waals surface area contributed by atoms with Crippen molar-refractivity contribution in [3.8, 4) is 0 Å². The Hall–Kier alpha value is -2.00. The van der Waals surface area contributed by atoms with E-state index in [4.69, 9.17) is 5.11 Å². The van der Waals surface area contributed by atoms with Gasteiger partial charge in [0.05, 0.1) is 17.6 Å². The molecular weight excluding hydrogens is 293 g/mol. The highest BCUT2D eigenvalue weighted by Gasteiger charge is 2.25. The fourth-order valence-corrected chi connectivity index (χ4v) is 2.48. The summed E-state index contributed by atoms with van der Waals surface area (Å²) in [6.07, 6.45) is 0. The molecule has 1 aromatic carbocycles. The third kappa shape index (κ3) is 3.31. The van der Waals surface area contributed by atoms with Crippen molar-refractivity contribution in [2.24, 2.45) is 0 Å². The van der Waals surface area contributed by atoms with E-state index < -0.39 is 44.8 Å². The number of esters is 1. The maximum atomic E-state index is 13.2. The van der Waals surface area contributed by atoms with Gasteiger partial charge in [-0.1, -0.05) is 0 Å². The van der Waals surface area contributed by atoms with E-state index in [0.29, 0.717) is 10.4 Å². The average Bonchev–Trinajstić information content (AvgIpc) is 2.38. The van der Waals surface area contributed by atoms with Gasteiger partial charge in [-0.15, -0.1) is 0 Å². The van der Waals surface area contributed by atoms with Gasteiger partial charge in [-0.2, -0.15) is 4.31 Å². The minimum absolute atomic E-state index is 0.428. The first-order chi connectivity index (χ1) is 9.20. The Morgan fingerprint density at radius 1 is 1.40 bits per heavy atom. The monoisotopic (exact) mass is 305 g/mol. The molecule has 0 amide bonds. The van der Waals surface area contributed by atoms with Crippen LogP contribution in [0.3, 0.4) is 0 Å². The number of methoxy groups -OCH3 is 1. The zero-order valence-electron chi connectivity index (χ0n) is 10.7. The Morgan fingerprint density at radius 2 is 2.00 bits per heavy atom. The van der Waals surface area contributed by atoms with Crippen LogP contribution < -0.4 is 0 Å². The number of sulfonamides is 1. The van der Waals surface area contributed by atoms with Crippen molar-refractivity contribution in [2.45, 2.75) is 4.90 Å². The van der Waals surface area contributed by atoms with Gasteiger partial charge in [-0.3, -0.25) is 4.79 Å². The van der Waals surface area contributed by atoms with Gasteiger partial charge in [-0.25, -0.2) is 17.6 Å². The number of ether oxygens (including phenoxy) is 1. The fourth-order valence-electron chi connectivity index (χ4n) is 1.34. The van der Waals surface area contributed by atoms with Crippen LogP contribution in [-0.4, -0.2) is 50.5 Å². The maximum absolute atomic E-state index is 13.2. The van der Waals surface area contributed by atoms with E-state index in [1.54, 1.807) is 0 Å². The second kappa shape index (κ2) is 5.97. The molecule has 0 fully saturated rings. The molecule has 1 aromatic rings. The summed E-state index contributed by atoms with van der Waals surface area (Å²) < 4.78 is 42.4. The molecule has 0 saturated heterocycles. The molecule has 0 heterocycles. The van der Waals surface area contributed by atoms with Crippen LogP contribution >= 0.6 is 0 Å². The molecule has 0 bridgehead atoms. The van der Waals surface area contributed by atoms with Crippen LogP contribution in [-0.2, 0) is 19.6 Å². The smallest absolute Gasteiger partial charge is 0.338 e. The lowest BCUT2D eigenvalue weighted by atomic mass is 10.2. The number of carbonyl (C=O) groups excluding carboxylic acids is 1. The van der Waals surface area contributed by atoms with Crippen molar-refractivity contribution in [3.63, 3.8) is 0 Å². The average molecular weight is 305 g/mol. The topological polar surface area (TPSA) is 101 Å². The number of benzene rings is 1. The van der Waals surface area contributed by atoms with Crippen molar-refractivity contribution in [3.05, 3.63) is 29.6 Å². The molecular formula is C11H12FNO6S. The van der Waals surface area contributed by atoms with Gasteiger partial charge in [0.1, 0.15) is 12.4 Å². The van der Waals surface area contributed by atoms with Gasteiger partial charge < -0.3 is 9.84 Å². The van der Waals surface area contributed by atoms with Crippen molar-refractivity contribution >= 4 is 22.0 Å². The number of nitrogens with zero attached hydrogens (tertiary/aromatic N) is 1. The number of carboxylic acid groups (broad SMARTS) is 1. The number of hydrogen-bond donors (Lipinski definition) is 1. The number of carboxylic acids is 1. The summed E-state index contributed by atoms with van der Waals surface area (Å²) in [5.41, 5.74) is -0.766. The van der Waals surface area contributed by atoms with Gasteiger partial charge in [0, 0.05) is 7.05 Å². The highest BCUT2D eigenvalue weighted by atomic mass is 32.2. The fraction of sp³-hybridized carbons (Fsp3) is 0.273. The molecule has 0 radical (unpaired) electrons. The number of likely N-dealkylation sites (N-methyl/N-ethyl adjacent to an activating group) is 1. The summed E-state index contributed by atoms with van der Waals surface area (Å²) in [6, 6.07) is 2.36. The minimum atomic E-state index is -4.11. The van der Waals surface area contributed by atoms with Gasteiger partial charge in [0.15, 0.2) is 0 Å². The lowest BCUT2D eigenvalue weighted by molar-refractivity contribution is -0.140. The normalized spacial score (nSPS) is 11.4. The van der Waals surface area contributed by atoms with Gasteiger partial charge in [0.25, 0.3) is 0 Å². The Balaban J connectivity index is 3.19. The molecule has 9 heteroatoms. The molecule has 0 unspecified atom stereocenters. The lowest BCUT2D eigenvalue weighted by Gasteiger charge is -2.16. The molecule has 1 rings (SSSR count). The van der Waals surface area contributed by atoms with Crippen LogP contribution in [0.2, 0.25) is 0 Å². The van der Waals surface area contributed by atoms with Gasteiger partial charge in [-0.05, 0) is 18.2 Å². The van der Waals surface area contributed by atoms with E-state index in [2.05, 4.69) is 4.74 Å². The number of hydrogen-bond acceptors (Lipinski definition) is 5. The summed E-state index contributed by atoms with van der Waals surface area (Å²) >= 11 is 0. The van der Waals surface area contributed by atoms with Crippen molar-refractivity contribution in [2.75, 3.05) is 20.7 Å². The molecule has 0 spiro atoms. The first kappa shape index (κ1) is 16.1. The molecule has 0 aliphatic rings. The highest BCUT2D eigenvalue weighted by molar-refractivity contribution is 7.89. The molecule has 20 heavy (non-hydrogen) atoms. The largest absolute Gasteiger partial charge is 0.478 e. The highest BCUT2D eigenvalue weighted by Crippen LogP contribution is 2.18. The standard InChI is InChI=1S/C11H12FNO6S/c1-13(6-10(14)19-2)20(17,18)7-3-4-9(12)8(5-7)11(15)16/h3-5H,6H2,1-2H3,(H,15,16). The number of aromatic carboxylic acids is 1. The van der Waals surface area contributed by atoms with Crippen LogP contribution in [0.1, 0.15) is 10.4 Å². The summed E-state index contributed by atoms with van der Waals surface area (Å²) in [5.74, 6) is -3.42. The number of halogens is 1. The first-order valence-electron chi connectivity index (χ1n) is 5.26. The Morgan fingerprint density at radius 3 is 2.50 bits per heavy atom. The molecule has 0 saturated carbocycles. The lowest BCUT2D eigenvalue weighted by Crippen LogP contribution is -2.32. The van der Waals surface area contributed by atoms with Crippen molar-refractivity contribution in [1.82, 2.24) is 4.31 Å². The van der Waals surface area contributed by atoms with E-state index in [-0.39, 0.29) is 0 Å². The maximum Gasteiger partial charge on any atom is 0.338 e. The molecule has 110 valence electrons. The third-order valence-corrected chi connectivity index (χ3v) is 4.26. The van der Waals surface area contributed by atoms with Crippen LogP contribution in [0.25, 0.3) is 0 Å². The quantitative estimate of drug-likeness (QED) is 0.786. The summed E-state index contributed by atoms with van der Waals surface area (Å²) in [4.78, 5) is 21.4. The number of rotatable bonds is 5. The van der Waals surface area contributed by atoms with E-state index in [1.165, 1.54) is 0 Å². The predicted molar refractivity (Wildman–Crippen MR) is 65.2 cm³/mol. The SMILES string of the molecule is COC(=O)CN(C)S(=O)(=O)c1ccc(F)c(C(=O)O)c1. The van der Waals surface area contributed by atoms with Gasteiger partial charge >= 0.3 is 11.9 Å². The Bertz CT molecular complexity index is 642. The van der Waals surface area contributed by atoms with Crippen molar-refractivity contribution < 1.29 is 32.2 Å². The zero-order valence-corrected chi connectivity index (χ0v) is 11.5. The van der Waals surface area contributed by atoms with Crippen LogP contribution in [0, 0.1) is 5.82 Å². The van der Waals surface area contributed by atoms with E-state index in [0.717, 1.165) is 26.3 Å². The summed E-state index contributed by atoms with van der Waals surface area (Å²) in [7, 11) is -1.89. The molecule has 0 aliphatic carbocycles. The van der Waals surface area contributed by atoms with Crippen molar-refractivity contribution in [1.29, 1.82) is 0 Å². The molecule has 0 aromatic heterocycles. The Labute approximate surface area is 114 Å².